The molecule has 0 spiro atoms. The Morgan fingerprint density at radius 2 is 2.05 bits per heavy atom. The average Bonchev–Trinajstić information content (AvgIpc) is 2.85. The molecule has 0 aromatic carbocycles. The molecular weight excluding hydrogens is 254 g/mol. The molecule has 0 aliphatic heterocycles. The van der Waals surface area contributed by atoms with Crippen molar-refractivity contribution in [3.05, 3.63) is 34.5 Å². The van der Waals surface area contributed by atoms with E-state index in [1.807, 2.05) is 25.5 Å². The second-order valence-corrected chi connectivity index (χ2v) is 5.05. The summed E-state index contributed by atoms with van der Waals surface area (Å²) in [5.41, 5.74) is 4.43. The monoisotopic (exact) mass is 277 g/mol. The first-order valence-corrected chi connectivity index (χ1v) is 6.85. The predicted molar refractivity (Wildman–Crippen MR) is 79.1 cm³/mol. The zero-order valence-electron chi connectivity index (χ0n) is 12.9. The van der Waals surface area contributed by atoms with Crippen LogP contribution in [0.25, 0.3) is 0 Å². The lowest BCUT2D eigenvalue weighted by molar-refractivity contribution is 0.182. The van der Waals surface area contributed by atoms with Gasteiger partial charge in [-0.25, -0.2) is 0 Å². The highest BCUT2D eigenvalue weighted by atomic mass is 16.5. The summed E-state index contributed by atoms with van der Waals surface area (Å²) in [6.45, 7) is 10.2. The van der Waals surface area contributed by atoms with Gasteiger partial charge in [0.05, 0.1) is 30.2 Å². The van der Waals surface area contributed by atoms with E-state index in [0.717, 1.165) is 41.7 Å². The van der Waals surface area contributed by atoms with Gasteiger partial charge in [-0.1, -0.05) is 0 Å². The van der Waals surface area contributed by atoms with Gasteiger partial charge in [0.2, 0.25) is 0 Å². The number of aryl methyl sites for hydroxylation is 3. The van der Waals surface area contributed by atoms with E-state index in [1.54, 1.807) is 7.11 Å². The number of furan rings is 1. The summed E-state index contributed by atoms with van der Waals surface area (Å²) in [7, 11) is 1.70. The third kappa shape index (κ3) is 3.04. The lowest BCUT2D eigenvalue weighted by atomic mass is 10.2. The van der Waals surface area contributed by atoms with E-state index >= 15 is 0 Å². The van der Waals surface area contributed by atoms with Crippen molar-refractivity contribution in [2.75, 3.05) is 19.0 Å². The van der Waals surface area contributed by atoms with Gasteiger partial charge in [0.25, 0.3) is 0 Å². The van der Waals surface area contributed by atoms with Crippen molar-refractivity contribution in [2.45, 2.75) is 40.8 Å². The summed E-state index contributed by atoms with van der Waals surface area (Å²) in [4.78, 5) is 0. The van der Waals surface area contributed by atoms with Gasteiger partial charge in [-0.15, -0.1) is 0 Å². The molecule has 5 nitrogen and oxygen atoms in total. The molecule has 5 heteroatoms. The minimum absolute atomic E-state index is 0.668. The number of ether oxygens (including phenoxy) is 1. The summed E-state index contributed by atoms with van der Waals surface area (Å²) in [5, 5.41) is 8.00. The fraction of sp³-hybridized carbons (Fsp3) is 0.533. The van der Waals surface area contributed by atoms with Crippen molar-refractivity contribution < 1.29 is 9.15 Å². The molecule has 2 heterocycles. The van der Waals surface area contributed by atoms with Crippen LogP contribution in [0.4, 0.5) is 5.69 Å². The van der Waals surface area contributed by atoms with E-state index in [9.17, 15) is 0 Å². The Hall–Kier alpha value is -1.75. The SMILES string of the molecule is COCCn1nc(C)c(NCc2cc(C)oc2C)c1C. The van der Waals surface area contributed by atoms with Crippen LogP contribution in [0.1, 0.15) is 28.5 Å². The molecule has 1 N–H and O–H groups in total. The van der Waals surface area contributed by atoms with E-state index in [1.165, 1.54) is 5.56 Å². The molecule has 2 aromatic heterocycles. The van der Waals surface area contributed by atoms with Crippen LogP contribution in [0.3, 0.4) is 0 Å². The van der Waals surface area contributed by atoms with Crippen LogP contribution in [-0.2, 0) is 17.8 Å². The highest BCUT2D eigenvalue weighted by molar-refractivity contribution is 5.52. The van der Waals surface area contributed by atoms with Gasteiger partial charge in [0.15, 0.2) is 0 Å². The largest absolute Gasteiger partial charge is 0.466 e. The molecule has 0 aliphatic rings. The van der Waals surface area contributed by atoms with E-state index < -0.39 is 0 Å². The highest BCUT2D eigenvalue weighted by Crippen LogP contribution is 2.22. The summed E-state index contributed by atoms with van der Waals surface area (Å²) >= 11 is 0. The molecule has 110 valence electrons. The highest BCUT2D eigenvalue weighted by Gasteiger charge is 2.12. The summed E-state index contributed by atoms with van der Waals surface area (Å²) in [5.74, 6) is 1.92. The van der Waals surface area contributed by atoms with Gasteiger partial charge in [0, 0.05) is 19.2 Å². The molecule has 0 bridgehead atoms. The maximum Gasteiger partial charge on any atom is 0.106 e. The van der Waals surface area contributed by atoms with Gasteiger partial charge in [-0.3, -0.25) is 4.68 Å². The lowest BCUT2D eigenvalue weighted by Gasteiger charge is -2.07. The molecular formula is C15H23N3O2. The second kappa shape index (κ2) is 6.13. The molecule has 0 saturated heterocycles. The Labute approximate surface area is 119 Å². The number of aromatic nitrogens is 2. The maximum atomic E-state index is 5.54. The van der Waals surface area contributed by atoms with Crippen molar-refractivity contribution in [2.24, 2.45) is 0 Å². The lowest BCUT2D eigenvalue weighted by Crippen LogP contribution is -2.08. The van der Waals surface area contributed by atoms with Crippen LogP contribution < -0.4 is 5.32 Å². The number of nitrogens with zero attached hydrogens (tertiary/aromatic N) is 2. The Balaban J connectivity index is 2.09. The summed E-state index contributed by atoms with van der Waals surface area (Å²) in [6.07, 6.45) is 0. The first-order chi connectivity index (χ1) is 9.52. The number of methoxy groups -OCH3 is 1. The summed E-state index contributed by atoms with van der Waals surface area (Å²) < 4.78 is 12.6. The number of nitrogens with one attached hydrogen (secondary N) is 1. The van der Waals surface area contributed by atoms with Crippen LogP contribution in [0.5, 0.6) is 0 Å². The van der Waals surface area contributed by atoms with Crippen molar-refractivity contribution in [3.63, 3.8) is 0 Å². The molecule has 20 heavy (non-hydrogen) atoms. The molecule has 0 radical (unpaired) electrons. The first kappa shape index (κ1) is 14.7. The minimum Gasteiger partial charge on any atom is -0.466 e. The third-order valence-corrected chi connectivity index (χ3v) is 3.49. The van der Waals surface area contributed by atoms with E-state index in [0.29, 0.717) is 6.61 Å². The van der Waals surface area contributed by atoms with Gasteiger partial charge in [0.1, 0.15) is 11.5 Å². The number of hydrogen-bond donors (Lipinski definition) is 1. The molecule has 2 aromatic rings. The van der Waals surface area contributed by atoms with Crippen LogP contribution in [0, 0.1) is 27.7 Å². The maximum absolute atomic E-state index is 5.54. The van der Waals surface area contributed by atoms with Crippen molar-refractivity contribution in [1.29, 1.82) is 0 Å². The topological polar surface area (TPSA) is 52.2 Å². The molecule has 0 amide bonds. The van der Waals surface area contributed by atoms with E-state index in [4.69, 9.17) is 9.15 Å². The van der Waals surface area contributed by atoms with Crippen molar-refractivity contribution in [1.82, 2.24) is 9.78 Å². The van der Waals surface area contributed by atoms with Gasteiger partial charge < -0.3 is 14.5 Å². The number of hydrogen-bond acceptors (Lipinski definition) is 4. The Bertz CT molecular complexity index is 584. The minimum atomic E-state index is 0.668. The molecule has 0 saturated carbocycles. The normalized spacial score (nSPS) is 11.1. The molecule has 0 unspecified atom stereocenters. The average molecular weight is 277 g/mol. The number of rotatable bonds is 6. The van der Waals surface area contributed by atoms with Crippen molar-refractivity contribution in [3.8, 4) is 0 Å². The van der Waals surface area contributed by atoms with Crippen LogP contribution in [0.2, 0.25) is 0 Å². The van der Waals surface area contributed by atoms with Crippen LogP contribution in [-0.4, -0.2) is 23.5 Å². The fourth-order valence-corrected chi connectivity index (χ4v) is 2.39. The van der Waals surface area contributed by atoms with E-state index in [2.05, 4.69) is 23.4 Å². The Kier molecular flexibility index (Phi) is 4.49. The quantitative estimate of drug-likeness (QED) is 0.882. The van der Waals surface area contributed by atoms with Crippen LogP contribution >= 0.6 is 0 Å². The Morgan fingerprint density at radius 1 is 1.30 bits per heavy atom. The second-order valence-electron chi connectivity index (χ2n) is 5.05. The third-order valence-electron chi connectivity index (χ3n) is 3.49. The predicted octanol–water partition coefficient (Wildman–Crippen LogP) is 2.97. The molecule has 0 fully saturated rings. The van der Waals surface area contributed by atoms with Gasteiger partial charge >= 0.3 is 0 Å². The zero-order valence-corrected chi connectivity index (χ0v) is 12.9. The van der Waals surface area contributed by atoms with Gasteiger partial charge in [-0.2, -0.15) is 5.10 Å². The smallest absolute Gasteiger partial charge is 0.106 e. The molecule has 0 aliphatic carbocycles. The standard InChI is InChI=1S/C15H23N3O2/c1-10-8-14(13(4)20-10)9-16-15-11(2)17-18(12(15)3)6-7-19-5/h8,16H,6-7,9H2,1-5H3. The van der Waals surface area contributed by atoms with Crippen LogP contribution in [0.15, 0.2) is 10.5 Å². The molecule has 0 atom stereocenters. The fourth-order valence-electron chi connectivity index (χ4n) is 2.39. The Morgan fingerprint density at radius 3 is 2.65 bits per heavy atom. The zero-order chi connectivity index (χ0) is 14.7. The first-order valence-electron chi connectivity index (χ1n) is 6.85. The summed E-state index contributed by atoms with van der Waals surface area (Å²) in [6, 6.07) is 2.07. The van der Waals surface area contributed by atoms with E-state index in [-0.39, 0.29) is 0 Å². The van der Waals surface area contributed by atoms with Gasteiger partial charge in [-0.05, 0) is 33.8 Å². The number of anilines is 1. The van der Waals surface area contributed by atoms with Crippen molar-refractivity contribution >= 4 is 5.69 Å². The molecule has 2 rings (SSSR count).